The Balaban J connectivity index is 2.04. The third-order valence-electron chi connectivity index (χ3n) is 3.11. The SMILES string of the molecule is O=C(COC(=O)c1ccc(Cl)c([N+](=O)[O-])c1)c1ccc([N+](=O)[O-])cc1. The molecular weight excluding hydrogens is 356 g/mol. The number of ether oxygens (including phenoxy) is 1. The molecule has 0 atom stereocenters. The maximum absolute atomic E-state index is 11.9. The van der Waals surface area contributed by atoms with E-state index >= 15 is 0 Å². The lowest BCUT2D eigenvalue weighted by Gasteiger charge is -2.05. The predicted molar refractivity (Wildman–Crippen MR) is 85.8 cm³/mol. The molecule has 0 spiro atoms. The molecule has 0 saturated carbocycles. The Morgan fingerprint density at radius 2 is 1.56 bits per heavy atom. The Bertz CT molecular complexity index is 865. The summed E-state index contributed by atoms with van der Waals surface area (Å²) in [5, 5.41) is 21.2. The maximum Gasteiger partial charge on any atom is 0.338 e. The molecule has 25 heavy (non-hydrogen) atoms. The second-order valence-corrected chi connectivity index (χ2v) is 5.13. The molecule has 0 aliphatic carbocycles. The summed E-state index contributed by atoms with van der Waals surface area (Å²) in [4.78, 5) is 43.8. The number of hydrogen-bond acceptors (Lipinski definition) is 7. The molecule has 0 saturated heterocycles. The fraction of sp³-hybridized carbons (Fsp3) is 0.0667. The average Bonchev–Trinajstić information content (AvgIpc) is 2.59. The van der Waals surface area contributed by atoms with Gasteiger partial charge in [-0.15, -0.1) is 0 Å². The standard InChI is InChI=1S/C15H9ClN2O7/c16-12-6-3-10(7-13(12)18(23)24)15(20)25-8-14(19)9-1-4-11(5-2-9)17(21)22/h1-7H,8H2. The minimum absolute atomic E-state index is 0.125. The number of rotatable bonds is 6. The van der Waals surface area contributed by atoms with Gasteiger partial charge < -0.3 is 4.74 Å². The smallest absolute Gasteiger partial charge is 0.338 e. The lowest BCUT2D eigenvalue weighted by atomic mass is 10.1. The van der Waals surface area contributed by atoms with E-state index in [2.05, 4.69) is 0 Å². The number of carbonyl (C=O) groups excluding carboxylic acids is 2. The van der Waals surface area contributed by atoms with Crippen LogP contribution < -0.4 is 0 Å². The number of ketones is 1. The fourth-order valence-corrected chi connectivity index (χ4v) is 2.03. The number of nitro groups is 2. The Kier molecular flexibility index (Phi) is 5.40. The zero-order valence-corrected chi connectivity index (χ0v) is 13.1. The van der Waals surface area contributed by atoms with Crippen LogP contribution in [-0.4, -0.2) is 28.2 Å². The summed E-state index contributed by atoms with van der Waals surface area (Å²) in [7, 11) is 0. The summed E-state index contributed by atoms with van der Waals surface area (Å²) in [6.07, 6.45) is 0. The van der Waals surface area contributed by atoms with Gasteiger partial charge in [-0.3, -0.25) is 25.0 Å². The Morgan fingerprint density at radius 3 is 2.12 bits per heavy atom. The first-order chi connectivity index (χ1) is 11.8. The normalized spacial score (nSPS) is 10.1. The van der Waals surface area contributed by atoms with Crippen LogP contribution in [0.1, 0.15) is 20.7 Å². The number of nitro benzene ring substituents is 2. The van der Waals surface area contributed by atoms with E-state index in [1.807, 2.05) is 0 Å². The van der Waals surface area contributed by atoms with E-state index in [-0.39, 0.29) is 21.8 Å². The van der Waals surface area contributed by atoms with Crippen LogP contribution in [0.3, 0.4) is 0 Å². The largest absolute Gasteiger partial charge is 0.454 e. The summed E-state index contributed by atoms with van der Waals surface area (Å²) >= 11 is 5.64. The minimum Gasteiger partial charge on any atom is -0.454 e. The van der Waals surface area contributed by atoms with Gasteiger partial charge in [-0.1, -0.05) is 11.6 Å². The first-order valence-electron chi connectivity index (χ1n) is 6.68. The number of nitrogens with zero attached hydrogens (tertiary/aromatic N) is 2. The van der Waals surface area contributed by atoms with Gasteiger partial charge in [-0.2, -0.15) is 0 Å². The molecular formula is C15H9ClN2O7. The van der Waals surface area contributed by atoms with Crippen molar-refractivity contribution in [3.63, 3.8) is 0 Å². The van der Waals surface area contributed by atoms with Gasteiger partial charge in [0.1, 0.15) is 5.02 Å². The van der Waals surface area contributed by atoms with Crippen molar-refractivity contribution in [1.29, 1.82) is 0 Å². The third-order valence-corrected chi connectivity index (χ3v) is 3.43. The summed E-state index contributed by atoms with van der Waals surface area (Å²) < 4.78 is 4.81. The number of esters is 1. The zero-order chi connectivity index (χ0) is 18.6. The van der Waals surface area contributed by atoms with Crippen LogP contribution in [0.4, 0.5) is 11.4 Å². The average molecular weight is 365 g/mol. The Hall–Kier alpha value is -3.33. The highest BCUT2D eigenvalue weighted by Gasteiger charge is 2.18. The van der Waals surface area contributed by atoms with Crippen molar-refractivity contribution in [2.75, 3.05) is 6.61 Å². The van der Waals surface area contributed by atoms with Crippen molar-refractivity contribution >= 4 is 34.7 Å². The molecule has 2 aromatic carbocycles. The molecule has 9 nitrogen and oxygen atoms in total. The van der Waals surface area contributed by atoms with E-state index in [9.17, 15) is 29.8 Å². The molecule has 0 fully saturated rings. The second-order valence-electron chi connectivity index (χ2n) is 4.73. The Morgan fingerprint density at radius 1 is 0.960 bits per heavy atom. The molecule has 10 heteroatoms. The topological polar surface area (TPSA) is 130 Å². The van der Waals surface area contributed by atoms with E-state index in [4.69, 9.17) is 16.3 Å². The maximum atomic E-state index is 11.9. The fourth-order valence-electron chi connectivity index (χ4n) is 1.85. The lowest BCUT2D eigenvalue weighted by molar-refractivity contribution is -0.385. The van der Waals surface area contributed by atoms with Crippen LogP contribution in [0.5, 0.6) is 0 Å². The van der Waals surface area contributed by atoms with Crippen LogP contribution in [0, 0.1) is 20.2 Å². The summed E-state index contributed by atoms with van der Waals surface area (Å²) in [5.74, 6) is -1.51. The van der Waals surface area contributed by atoms with Crippen molar-refractivity contribution in [3.8, 4) is 0 Å². The highest BCUT2D eigenvalue weighted by Crippen LogP contribution is 2.25. The molecule has 0 bridgehead atoms. The third kappa shape index (κ3) is 4.36. The summed E-state index contributed by atoms with van der Waals surface area (Å²) in [6, 6.07) is 8.13. The van der Waals surface area contributed by atoms with Crippen LogP contribution in [0.25, 0.3) is 0 Å². The predicted octanol–water partition coefficient (Wildman–Crippen LogP) is 3.20. The van der Waals surface area contributed by atoms with E-state index in [0.29, 0.717) is 0 Å². The molecule has 2 aromatic rings. The quantitative estimate of drug-likeness (QED) is 0.333. The van der Waals surface area contributed by atoms with Gasteiger partial charge in [0.05, 0.1) is 15.4 Å². The van der Waals surface area contributed by atoms with Crippen molar-refractivity contribution in [1.82, 2.24) is 0 Å². The number of non-ortho nitro benzene ring substituents is 1. The molecule has 2 rings (SSSR count). The van der Waals surface area contributed by atoms with E-state index in [0.717, 1.165) is 18.2 Å². The van der Waals surface area contributed by atoms with Gasteiger partial charge in [-0.05, 0) is 24.3 Å². The van der Waals surface area contributed by atoms with Gasteiger partial charge in [0.15, 0.2) is 12.4 Å². The monoisotopic (exact) mass is 364 g/mol. The van der Waals surface area contributed by atoms with Crippen LogP contribution >= 0.6 is 11.6 Å². The molecule has 0 amide bonds. The van der Waals surface area contributed by atoms with Crippen molar-refractivity contribution in [2.45, 2.75) is 0 Å². The number of hydrogen-bond donors (Lipinski definition) is 0. The minimum atomic E-state index is -0.935. The molecule has 128 valence electrons. The number of benzene rings is 2. The van der Waals surface area contributed by atoms with Crippen LogP contribution in [0.15, 0.2) is 42.5 Å². The molecule has 0 aromatic heterocycles. The molecule has 0 aliphatic heterocycles. The summed E-state index contributed by atoms with van der Waals surface area (Å²) in [5.41, 5.74) is -0.645. The van der Waals surface area contributed by atoms with Crippen molar-refractivity contribution in [2.24, 2.45) is 0 Å². The lowest BCUT2D eigenvalue weighted by Crippen LogP contribution is -2.14. The highest BCUT2D eigenvalue weighted by molar-refractivity contribution is 6.32. The van der Waals surface area contributed by atoms with E-state index in [1.54, 1.807) is 0 Å². The van der Waals surface area contributed by atoms with E-state index < -0.39 is 33.9 Å². The van der Waals surface area contributed by atoms with E-state index in [1.165, 1.54) is 24.3 Å². The summed E-state index contributed by atoms with van der Waals surface area (Å²) in [6.45, 7) is -0.618. The van der Waals surface area contributed by atoms with Crippen LogP contribution in [-0.2, 0) is 4.74 Å². The second kappa shape index (κ2) is 7.49. The number of carbonyl (C=O) groups is 2. The molecule has 0 radical (unpaired) electrons. The highest BCUT2D eigenvalue weighted by atomic mass is 35.5. The number of halogens is 1. The molecule has 0 unspecified atom stereocenters. The Labute approximate surface area is 145 Å². The molecule has 0 heterocycles. The van der Waals surface area contributed by atoms with Gasteiger partial charge >= 0.3 is 5.97 Å². The van der Waals surface area contributed by atoms with Gasteiger partial charge in [0.25, 0.3) is 11.4 Å². The zero-order valence-electron chi connectivity index (χ0n) is 12.4. The van der Waals surface area contributed by atoms with Crippen LogP contribution in [0.2, 0.25) is 5.02 Å². The first kappa shape index (κ1) is 18.0. The van der Waals surface area contributed by atoms with Gasteiger partial charge in [0.2, 0.25) is 0 Å². The first-order valence-corrected chi connectivity index (χ1v) is 7.06. The number of Topliss-reactive ketones (excluding diaryl/α,β-unsaturated/α-hetero) is 1. The van der Waals surface area contributed by atoms with Crippen molar-refractivity contribution < 1.29 is 24.2 Å². The molecule has 0 aliphatic rings. The van der Waals surface area contributed by atoms with Gasteiger partial charge in [-0.25, -0.2) is 4.79 Å². The van der Waals surface area contributed by atoms with Crippen molar-refractivity contribution in [3.05, 3.63) is 78.8 Å². The molecule has 0 N–H and O–H groups in total. The van der Waals surface area contributed by atoms with Gasteiger partial charge in [0, 0.05) is 23.8 Å².